The van der Waals surface area contributed by atoms with Gasteiger partial charge < -0.3 is 14.2 Å². The third kappa shape index (κ3) is 7.54. The van der Waals surface area contributed by atoms with E-state index in [1.165, 1.54) is 0 Å². The van der Waals surface area contributed by atoms with Gasteiger partial charge in [-0.15, -0.1) is 0 Å². The van der Waals surface area contributed by atoms with Crippen LogP contribution in [0.3, 0.4) is 0 Å². The minimum absolute atomic E-state index is 0.117. The molecule has 0 unspecified atom stereocenters. The van der Waals surface area contributed by atoms with Gasteiger partial charge in [-0.2, -0.15) is 8.42 Å². The molecule has 0 aliphatic rings. The van der Waals surface area contributed by atoms with Gasteiger partial charge >= 0.3 is 0 Å². The maximum Gasteiger partial charge on any atom is 0.264 e. The van der Waals surface area contributed by atoms with Crippen LogP contribution in [0.15, 0.2) is 36.4 Å². The quantitative estimate of drug-likeness (QED) is 0.329. The Morgan fingerprint density at radius 2 is 1.50 bits per heavy atom. The third-order valence-corrected chi connectivity index (χ3v) is 3.69. The number of methoxy groups -OCH3 is 1. The Balaban J connectivity index is 1.96. The van der Waals surface area contributed by atoms with Crippen LogP contribution in [0.25, 0.3) is 11.4 Å². The maximum absolute atomic E-state index is 11.1. The van der Waals surface area contributed by atoms with Gasteiger partial charge in [0.2, 0.25) is 0 Å². The van der Waals surface area contributed by atoms with Gasteiger partial charge in [0, 0.05) is 7.11 Å². The zero-order valence-electron chi connectivity index (χ0n) is 14.8. The van der Waals surface area contributed by atoms with E-state index in [4.69, 9.17) is 18.4 Å². The topological polar surface area (TPSA) is 96.8 Å². The lowest BCUT2D eigenvalue weighted by Gasteiger charge is -2.07. The van der Waals surface area contributed by atoms with E-state index in [1.54, 1.807) is 25.3 Å². The summed E-state index contributed by atoms with van der Waals surface area (Å²) in [4.78, 5) is 8.89. The van der Waals surface area contributed by atoms with Crippen molar-refractivity contribution < 1.29 is 26.8 Å². The SMILES string of the molecule is COCCOCOCc1cccc(-c2cccc(COS(C)(=O)=O)n2)n1. The summed E-state index contributed by atoms with van der Waals surface area (Å²) in [6.45, 7) is 1.33. The third-order valence-electron chi connectivity index (χ3n) is 3.15. The van der Waals surface area contributed by atoms with Crippen LogP contribution in [-0.2, 0) is 41.7 Å². The van der Waals surface area contributed by atoms with Crippen molar-refractivity contribution in [1.82, 2.24) is 9.97 Å². The average Bonchev–Trinajstić information content (AvgIpc) is 2.63. The Morgan fingerprint density at radius 3 is 2.08 bits per heavy atom. The highest BCUT2D eigenvalue weighted by molar-refractivity contribution is 7.85. The standard InChI is InChI=1S/C17H22N2O6S/c1-22-9-10-23-13-24-11-14-5-3-7-16(18-14)17-8-4-6-15(19-17)12-25-26(2,20)21/h3-8H,9-13H2,1-2H3. The summed E-state index contributed by atoms with van der Waals surface area (Å²) in [7, 11) is -1.91. The number of rotatable bonds is 11. The lowest BCUT2D eigenvalue weighted by molar-refractivity contribution is -0.0732. The number of hydrogen-bond donors (Lipinski definition) is 0. The summed E-state index contributed by atoms with van der Waals surface area (Å²) in [5.74, 6) is 0. The molecule has 26 heavy (non-hydrogen) atoms. The highest BCUT2D eigenvalue weighted by Gasteiger charge is 2.07. The lowest BCUT2D eigenvalue weighted by Crippen LogP contribution is -2.06. The summed E-state index contributed by atoms with van der Waals surface area (Å²) < 4.78 is 42.5. The van der Waals surface area contributed by atoms with Gasteiger partial charge in [-0.3, -0.25) is 4.18 Å². The predicted octanol–water partition coefficient (Wildman–Crippen LogP) is 1.76. The van der Waals surface area contributed by atoms with E-state index >= 15 is 0 Å². The van der Waals surface area contributed by atoms with Crippen LogP contribution >= 0.6 is 0 Å². The van der Waals surface area contributed by atoms with Crippen molar-refractivity contribution in [3.05, 3.63) is 47.8 Å². The first-order chi connectivity index (χ1) is 12.5. The van der Waals surface area contributed by atoms with E-state index in [-0.39, 0.29) is 13.4 Å². The van der Waals surface area contributed by atoms with Crippen LogP contribution in [-0.4, -0.2) is 51.8 Å². The molecule has 0 spiro atoms. The second-order valence-electron chi connectivity index (χ2n) is 5.36. The summed E-state index contributed by atoms with van der Waals surface area (Å²) in [6.07, 6.45) is 1.00. The van der Waals surface area contributed by atoms with Gasteiger partial charge in [-0.05, 0) is 24.3 Å². The molecular weight excluding hydrogens is 360 g/mol. The first-order valence-corrected chi connectivity index (χ1v) is 9.70. The smallest absolute Gasteiger partial charge is 0.264 e. The van der Waals surface area contributed by atoms with E-state index in [1.807, 2.05) is 18.2 Å². The molecule has 2 rings (SSSR count). The minimum atomic E-state index is -3.52. The first-order valence-electron chi connectivity index (χ1n) is 7.89. The van der Waals surface area contributed by atoms with Crippen molar-refractivity contribution in [3.8, 4) is 11.4 Å². The maximum atomic E-state index is 11.1. The van der Waals surface area contributed by atoms with Crippen LogP contribution in [0.2, 0.25) is 0 Å². The highest BCUT2D eigenvalue weighted by Crippen LogP contribution is 2.16. The Morgan fingerprint density at radius 1 is 0.885 bits per heavy atom. The monoisotopic (exact) mass is 382 g/mol. The molecule has 0 saturated carbocycles. The Hall–Kier alpha value is -1.91. The van der Waals surface area contributed by atoms with Gasteiger partial charge in [0.1, 0.15) is 13.4 Å². The summed E-state index contributed by atoms with van der Waals surface area (Å²) in [5, 5.41) is 0. The van der Waals surface area contributed by atoms with E-state index in [9.17, 15) is 8.42 Å². The second kappa shape index (κ2) is 10.3. The molecule has 0 N–H and O–H groups in total. The van der Waals surface area contributed by atoms with Crippen molar-refractivity contribution in [2.24, 2.45) is 0 Å². The van der Waals surface area contributed by atoms with E-state index in [2.05, 4.69) is 9.97 Å². The van der Waals surface area contributed by atoms with Crippen LogP contribution < -0.4 is 0 Å². The highest BCUT2D eigenvalue weighted by atomic mass is 32.2. The van der Waals surface area contributed by atoms with Gasteiger partial charge in [0.15, 0.2) is 0 Å². The van der Waals surface area contributed by atoms with Crippen molar-refractivity contribution in [2.75, 3.05) is 33.4 Å². The van der Waals surface area contributed by atoms with Crippen molar-refractivity contribution in [3.63, 3.8) is 0 Å². The van der Waals surface area contributed by atoms with Crippen LogP contribution in [0.1, 0.15) is 11.4 Å². The first kappa shape index (κ1) is 20.4. The largest absolute Gasteiger partial charge is 0.382 e. The number of hydrogen-bond acceptors (Lipinski definition) is 8. The Bertz CT molecular complexity index is 797. The van der Waals surface area contributed by atoms with Crippen molar-refractivity contribution >= 4 is 10.1 Å². The number of ether oxygens (including phenoxy) is 3. The molecule has 0 bridgehead atoms. The minimum Gasteiger partial charge on any atom is -0.382 e. The zero-order valence-corrected chi connectivity index (χ0v) is 15.6. The van der Waals surface area contributed by atoms with Crippen LogP contribution in [0.5, 0.6) is 0 Å². The molecule has 9 heteroatoms. The second-order valence-corrected chi connectivity index (χ2v) is 7.01. The molecule has 2 aromatic rings. The Kier molecular flexibility index (Phi) is 8.07. The van der Waals surface area contributed by atoms with Gasteiger partial charge in [0.05, 0.1) is 48.9 Å². The summed E-state index contributed by atoms with van der Waals surface area (Å²) in [5.41, 5.74) is 2.52. The molecule has 0 radical (unpaired) electrons. The lowest BCUT2D eigenvalue weighted by atomic mass is 10.2. The molecule has 2 aromatic heterocycles. The molecule has 0 saturated heterocycles. The van der Waals surface area contributed by atoms with Gasteiger partial charge in [0.25, 0.3) is 10.1 Å². The van der Waals surface area contributed by atoms with Crippen molar-refractivity contribution in [1.29, 1.82) is 0 Å². The normalized spacial score (nSPS) is 11.6. The molecule has 0 fully saturated rings. The molecular formula is C17H22N2O6S. The molecule has 0 aliphatic carbocycles. The number of aromatic nitrogens is 2. The zero-order chi connectivity index (χ0) is 18.8. The molecule has 0 amide bonds. The van der Waals surface area contributed by atoms with Gasteiger partial charge in [-0.25, -0.2) is 9.97 Å². The molecule has 0 aromatic carbocycles. The predicted molar refractivity (Wildman–Crippen MR) is 94.6 cm³/mol. The van der Waals surface area contributed by atoms with E-state index in [0.717, 1.165) is 11.9 Å². The summed E-state index contributed by atoms with van der Waals surface area (Å²) in [6, 6.07) is 10.8. The fourth-order valence-corrected chi connectivity index (χ4v) is 2.31. The number of pyridine rings is 2. The van der Waals surface area contributed by atoms with Crippen LogP contribution in [0, 0.1) is 0 Å². The van der Waals surface area contributed by atoms with Crippen molar-refractivity contribution in [2.45, 2.75) is 13.2 Å². The van der Waals surface area contributed by atoms with E-state index < -0.39 is 10.1 Å². The molecule has 0 atom stereocenters. The summed E-state index contributed by atoms with van der Waals surface area (Å²) >= 11 is 0. The average molecular weight is 382 g/mol. The molecule has 142 valence electrons. The van der Waals surface area contributed by atoms with Crippen LogP contribution in [0.4, 0.5) is 0 Å². The van der Waals surface area contributed by atoms with Gasteiger partial charge in [-0.1, -0.05) is 12.1 Å². The molecule has 8 nitrogen and oxygen atoms in total. The molecule has 2 heterocycles. The Labute approximate surface area is 153 Å². The number of nitrogens with zero attached hydrogens (tertiary/aromatic N) is 2. The fourth-order valence-electron chi connectivity index (χ4n) is 1.98. The van der Waals surface area contributed by atoms with E-state index in [0.29, 0.717) is 36.9 Å². The molecule has 0 aliphatic heterocycles. The fraction of sp³-hybridized carbons (Fsp3) is 0.412.